The van der Waals surface area contributed by atoms with Crippen molar-refractivity contribution < 1.29 is 18.8 Å². The lowest BCUT2D eigenvalue weighted by Crippen LogP contribution is -2.24. The van der Waals surface area contributed by atoms with Gasteiger partial charge in [0.1, 0.15) is 11.5 Å². The van der Waals surface area contributed by atoms with Crippen molar-refractivity contribution in [3.05, 3.63) is 41.8 Å². The minimum Gasteiger partial charge on any atom is -0.491 e. The van der Waals surface area contributed by atoms with Crippen LogP contribution in [0.15, 0.2) is 34.9 Å². The molecule has 0 atom stereocenters. The Hall–Kier alpha value is -2.83. The first-order valence-electron chi connectivity index (χ1n) is 8.12. The van der Waals surface area contributed by atoms with Crippen LogP contribution >= 0.6 is 0 Å². The van der Waals surface area contributed by atoms with Gasteiger partial charge in [-0.25, -0.2) is 0 Å². The quantitative estimate of drug-likeness (QED) is 0.921. The van der Waals surface area contributed by atoms with Gasteiger partial charge in [0.2, 0.25) is 5.91 Å². The Balaban J connectivity index is 0.000000181. The first-order valence-corrected chi connectivity index (χ1v) is 8.12. The summed E-state index contributed by atoms with van der Waals surface area (Å²) in [6.07, 6.45) is 1.23. The minimum absolute atomic E-state index is 0.102. The van der Waals surface area contributed by atoms with Gasteiger partial charge in [-0.15, -0.1) is 0 Å². The van der Waals surface area contributed by atoms with Crippen LogP contribution < -0.4 is 15.4 Å². The van der Waals surface area contributed by atoms with Gasteiger partial charge < -0.3 is 19.9 Å². The van der Waals surface area contributed by atoms with Gasteiger partial charge in [-0.05, 0) is 18.1 Å². The van der Waals surface area contributed by atoms with Gasteiger partial charge in [0.25, 0.3) is 5.91 Å². The number of hydrogen-bond acceptors (Lipinski definition) is 5. The van der Waals surface area contributed by atoms with Crippen LogP contribution in [0.2, 0.25) is 0 Å². The van der Waals surface area contributed by atoms with Gasteiger partial charge in [0, 0.05) is 19.5 Å². The lowest BCUT2D eigenvalue weighted by atomic mass is 10.1. The molecule has 2 aromatic rings. The standard InChI is InChI=1S/C10H11NO2.C8H12N2O2/c1-11-8-4-2-3-5-9(8)13-7-6-10(11)12;1-5(2)3-6-4-7(8(9)11)10-12-6/h2-5H,6-7H2,1H3;4-5H,3H2,1-2H3,(H2,9,11). The normalized spacial score (nSPS) is 13.4. The summed E-state index contributed by atoms with van der Waals surface area (Å²) in [5.74, 6) is 1.53. The Kier molecular flexibility index (Phi) is 6.16. The average molecular weight is 345 g/mol. The van der Waals surface area contributed by atoms with E-state index in [1.165, 1.54) is 0 Å². The summed E-state index contributed by atoms with van der Waals surface area (Å²) in [6.45, 7) is 4.60. The third-order valence-electron chi connectivity index (χ3n) is 3.60. The van der Waals surface area contributed by atoms with Crippen molar-refractivity contribution >= 4 is 17.5 Å². The smallest absolute Gasteiger partial charge is 0.270 e. The molecule has 1 aromatic carbocycles. The predicted octanol–water partition coefficient (Wildman–Crippen LogP) is 2.40. The van der Waals surface area contributed by atoms with Crippen LogP contribution in [0.25, 0.3) is 0 Å². The molecule has 1 aromatic heterocycles. The molecule has 0 saturated carbocycles. The number of hydrogen-bond donors (Lipinski definition) is 1. The van der Waals surface area contributed by atoms with Crippen LogP contribution in [-0.2, 0) is 11.2 Å². The van der Waals surface area contributed by atoms with E-state index in [4.69, 9.17) is 15.0 Å². The lowest BCUT2D eigenvalue weighted by molar-refractivity contribution is -0.118. The van der Waals surface area contributed by atoms with Crippen molar-refractivity contribution in [2.45, 2.75) is 26.7 Å². The van der Waals surface area contributed by atoms with Crippen molar-refractivity contribution in [3.8, 4) is 5.75 Å². The van der Waals surface area contributed by atoms with Crippen molar-refractivity contribution in [2.24, 2.45) is 11.7 Å². The van der Waals surface area contributed by atoms with E-state index < -0.39 is 5.91 Å². The first-order chi connectivity index (χ1) is 11.9. The summed E-state index contributed by atoms with van der Waals surface area (Å²) in [6, 6.07) is 9.16. The van der Waals surface area contributed by atoms with Gasteiger partial charge >= 0.3 is 0 Å². The number of carbonyl (C=O) groups is 2. The maximum absolute atomic E-state index is 11.4. The van der Waals surface area contributed by atoms with E-state index in [-0.39, 0.29) is 11.6 Å². The molecule has 3 rings (SSSR count). The third kappa shape index (κ3) is 5.07. The SMILES string of the molecule is CC(C)Cc1cc(C(N)=O)no1.CN1C(=O)CCOc2ccccc21. The van der Waals surface area contributed by atoms with Crippen LogP contribution in [-0.4, -0.2) is 30.6 Å². The van der Waals surface area contributed by atoms with Crippen molar-refractivity contribution in [1.82, 2.24) is 5.16 Å². The number of primary amides is 1. The minimum atomic E-state index is -0.547. The zero-order chi connectivity index (χ0) is 18.4. The highest BCUT2D eigenvalue weighted by molar-refractivity contribution is 5.95. The first kappa shape index (κ1) is 18.5. The number of benzene rings is 1. The fourth-order valence-corrected chi connectivity index (χ4v) is 2.33. The summed E-state index contributed by atoms with van der Waals surface area (Å²) < 4.78 is 10.3. The molecule has 2 N–H and O–H groups in total. The number of rotatable bonds is 3. The molecule has 1 aliphatic heterocycles. The number of ether oxygens (including phenoxy) is 1. The van der Waals surface area contributed by atoms with Gasteiger partial charge in [0.05, 0.1) is 18.7 Å². The molecule has 0 bridgehead atoms. The van der Waals surface area contributed by atoms with Gasteiger partial charge in [-0.2, -0.15) is 0 Å². The third-order valence-corrected chi connectivity index (χ3v) is 3.60. The zero-order valence-electron chi connectivity index (χ0n) is 14.7. The average Bonchev–Trinajstić information content (AvgIpc) is 2.97. The number of fused-ring (bicyclic) bond motifs is 1. The van der Waals surface area contributed by atoms with E-state index in [1.807, 2.05) is 24.3 Å². The summed E-state index contributed by atoms with van der Waals surface area (Å²) in [5.41, 5.74) is 6.05. The molecule has 25 heavy (non-hydrogen) atoms. The molecule has 0 radical (unpaired) electrons. The molecule has 0 fully saturated rings. The number of nitrogens with two attached hydrogens (primary N) is 1. The fourth-order valence-electron chi connectivity index (χ4n) is 2.33. The second-order valence-corrected chi connectivity index (χ2v) is 6.16. The highest BCUT2D eigenvalue weighted by atomic mass is 16.5. The molecular weight excluding hydrogens is 322 g/mol. The largest absolute Gasteiger partial charge is 0.491 e. The van der Waals surface area contributed by atoms with Crippen LogP contribution in [0.5, 0.6) is 5.75 Å². The van der Waals surface area contributed by atoms with Crippen molar-refractivity contribution in [1.29, 1.82) is 0 Å². The highest BCUT2D eigenvalue weighted by Gasteiger charge is 2.18. The number of nitrogens with zero attached hydrogens (tertiary/aromatic N) is 2. The van der Waals surface area contributed by atoms with Crippen molar-refractivity contribution in [3.63, 3.8) is 0 Å². The molecule has 1 aliphatic rings. The maximum atomic E-state index is 11.4. The van der Waals surface area contributed by atoms with Crippen LogP contribution in [0, 0.1) is 5.92 Å². The van der Waals surface area contributed by atoms with Gasteiger partial charge in [0.15, 0.2) is 5.69 Å². The molecule has 134 valence electrons. The molecule has 0 aliphatic carbocycles. The molecule has 0 saturated heterocycles. The van der Waals surface area contributed by atoms with Crippen LogP contribution in [0.4, 0.5) is 5.69 Å². The van der Waals surface area contributed by atoms with E-state index in [1.54, 1.807) is 18.0 Å². The highest BCUT2D eigenvalue weighted by Crippen LogP contribution is 2.29. The summed E-state index contributed by atoms with van der Waals surface area (Å²) in [5, 5.41) is 3.52. The number of aromatic nitrogens is 1. The van der Waals surface area contributed by atoms with Gasteiger partial charge in [-0.3, -0.25) is 9.59 Å². The molecule has 0 unspecified atom stereocenters. The van der Waals surface area contributed by atoms with E-state index >= 15 is 0 Å². The number of anilines is 1. The molecule has 0 spiro atoms. The number of para-hydroxylation sites is 2. The van der Waals surface area contributed by atoms with Crippen LogP contribution in [0.1, 0.15) is 36.5 Å². The maximum Gasteiger partial charge on any atom is 0.270 e. The second kappa shape index (κ2) is 8.32. The van der Waals surface area contributed by atoms with Gasteiger partial charge in [-0.1, -0.05) is 31.1 Å². The topological polar surface area (TPSA) is 98.7 Å². The van der Waals surface area contributed by atoms with E-state index in [0.717, 1.165) is 17.9 Å². The second-order valence-electron chi connectivity index (χ2n) is 6.16. The molecular formula is C18H23N3O4. The zero-order valence-corrected chi connectivity index (χ0v) is 14.7. The lowest BCUT2D eigenvalue weighted by Gasteiger charge is -2.15. The van der Waals surface area contributed by atoms with E-state index in [9.17, 15) is 9.59 Å². The molecule has 2 heterocycles. The Labute approximate surface area is 146 Å². The molecule has 2 amide bonds. The summed E-state index contributed by atoms with van der Waals surface area (Å²) >= 11 is 0. The fraction of sp³-hybridized carbons (Fsp3) is 0.389. The van der Waals surface area contributed by atoms with E-state index in [2.05, 4.69) is 19.0 Å². The number of amides is 2. The Morgan fingerprint density at radius 1 is 1.36 bits per heavy atom. The summed E-state index contributed by atoms with van der Waals surface area (Å²) in [7, 11) is 1.77. The molecule has 7 heteroatoms. The molecule has 7 nitrogen and oxygen atoms in total. The monoisotopic (exact) mass is 345 g/mol. The van der Waals surface area contributed by atoms with Crippen molar-refractivity contribution in [2.75, 3.05) is 18.6 Å². The predicted molar refractivity (Wildman–Crippen MR) is 93.5 cm³/mol. The Morgan fingerprint density at radius 2 is 2.08 bits per heavy atom. The van der Waals surface area contributed by atoms with Crippen LogP contribution in [0.3, 0.4) is 0 Å². The Bertz CT molecular complexity index is 739. The summed E-state index contributed by atoms with van der Waals surface area (Å²) in [4.78, 5) is 23.7. The Morgan fingerprint density at radius 3 is 2.72 bits per heavy atom. The van der Waals surface area contributed by atoms with E-state index in [0.29, 0.717) is 24.7 Å². The number of carbonyl (C=O) groups excluding carboxylic acids is 2.